The van der Waals surface area contributed by atoms with Crippen molar-refractivity contribution in [3.63, 3.8) is 0 Å². The normalized spacial score (nSPS) is 10.5. The number of aryl methyl sites for hydroxylation is 2. The highest BCUT2D eigenvalue weighted by Gasteiger charge is 2.12. The molecule has 8 heteroatoms. The number of anilines is 4. The third kappa shape index (κ3) is 4.15. The van der Waals surface area contributed by atoms with E-state index in [0.29, 0.717) is 23.0 Å². The van der Waals surface area contributed by atoms with Crippen molar-refractivity contribution in [1.29, 1.82) is 0 Å². The largest absolute Gasteiger partial charge is 0.378 e. The van der Waals surface area contributed by atoms with Gasteiger partial charge in [0, 0.05) is 37.2 Å². The van der Waals surface area contributed by atoms with Crippen LogP contribution in [-0.2, 0) is 0 Å². The number of nitrogens with zero attached hydrogens (tertiary/aromatic N) is 4. The number of nitrogens with one attached hydrogen (secondary N) is 2. The van der Waals surface area contributed by atoms with Gasteiger partial charge in [-0.3, -0.25) is 4.79 Å². The predicted octanol–water partition coefficient (Wildman–Crippen LogP) is 3.14. The van der Waals surface area contributed by atoms with E-state index in [2.05, 4.69) is 25.8 Å². The standard InChI is InChI=1S/C18H20N6O2/c1-11-9-15(21-18(19-11)22-16-10-12(2)26-23-16)17(25)20-13-5-7-14(8-6-13)24(3)4/h5-10H,1-4H3,(H,20,25)(H,19,21,22,23). The van der Waals surface area contributed by atoms with Crippen molar-refractivity contribution in [1.82, 2.24) is 15.1 Å². The number of carbonyl (C=O) groups is 1. The molecule has 0 spiro atoms. The molecule has 0 fully saturated rings. The van der Waals surface area contributed by atoms with Crippen LogP contribution in [0.4, 0.5) is 23.1 Å². The third-order valence-electron chi connectivity index (χ3n) is 3.60. The van der Waals surface area contributed by atoms with Gasteiger partial charge in [0.25, 0.3) is 5.91 Å². The number of hydrogen-bond acceptors (Lipinski definition) is 7. The molecule has 0 radical (unpaired) electrons. The molecule has 2 heterocycles. The van der Waals surface area contributed by atoms with Gasteiger partial charge in [-0.2, -0.15) is 0 Å². The van der Waals surface area contributed by atoms with Crippen LogP contribution < -0.4 is 15.5 Å². The van der Waals surface area contributed by atoms with Crippen molar-refractivity contribution in [3.05, 3.63) is 53.5 Å². The molecular formula is C18H20N6O2. The summed E-state index contributed by atoms with van der Waals surface area (Å²) in [6.07, 6.45) is 0. The number of amides is 1. The first kappa shape index (κ1) is 17.4. The zero-order valence-corrected chi connectivity index (χ0v) is 15.1. The number of rotatable bonds is 5. The van der Waals surface area contributed by atoms with Crippen molar-refractivity contribution in [2.75, 3.05) is 29.6 Å². The lowest BCUT2D eigenvalue weighted by molar-refractivity contribution is 0.102. The second-order valence-electron chi connectivity index (χ2n) is 6.06. The molecule has 3 aromatic rings. The molecule has 0 bridgehead atoms. The van der Waals surface area contributed by atoms with Crippen LogP contribution in [0, 0.1) is 13.8 Å². The Hall–Kier alpha value is -3.42. The van der Waals surface area contributed by atoms with Crippen LogP contribution in [0.15, 0.2) is 40.9 Å². The minimum Gasteiger partial charge on any atom is -0.378 e. The summed E-state index contributed by atoms with van der Waals surface area (Å²) in [6.45, 7) is 3.58. The van der Waals surface area contributed by atoms with Gasteiger partial charge >= 0.3 is 0 Å². The Morgan fingerprint density at radius 3 is 2.42 bits per heavy atom. The first-order valence-electron chi connectivity index (χ1n) is 8.05. The van der Waals surface area contributed by atoms with E-state index in [0.717, 1.165) is 5.69 Å². The molecule has 1 aromatic carbocycles. The maximum absolute atomic E-state index is 12.5. The Morgan fingerprint density at radius 2 is 1.81 bits per heavy atom. The van der Waals surface area contributed by atoms with E-state index in [9.17, 15) is 4.79 Å². The van der Waals surface area contributed by atoms with E-state index in [1.807, 2.05) is 43.3 Å². The lowest BCUT2D eigenvalue weighted by Crippen LogP contribution is -2.16. The highest BCUT2D eigenvalue weighted by atomic mass is 16.5. The zero-order chi connectivity index (χ0) is 18.7. The lowest BCUT2D eigenvalue weighted by Gasteiger charge is -2.13. The Bertz CT molecular complexity index is 918. The Labute approximate surface area is 151 Å². The van der Waals surface area contributed by atoms with Crippen LogP contribution in [0.5, 0.6) is 0 Å². The summed E-state index contributed by atoms with van der Waals surface area (Å²) in [5.41, 5.74) is 2.67. The highest BCUT2D eigenvalue weighted by Crippen LogP contribution is 2.17. The summed E-state index contributed by atoms with van der Waals surface area (Å²) in [5, 5.41) is 9.60. The van der Waals surface area contributed by atoms with Crippen molar-refractivity contribution in [2.45, 2.75) is 13.8 Å². The van der Waals surface area contributed by atoms with E-state index in [1.54, 1.807) is 26.0 Å². The van der Waals surface area contributed by atoms with Gasteiger partial charge in [0.05, 0.1) is 0 Å². The molecule has 26 heavy (non-hydrogen) atoms. The molecule has 3 rings (SSSR count). The van der Waals surface area contributed by atoms with Gasteiger partial charge in [-0.15, -0.1) is 0 Å². The molecule has 0 atom stereocenters. The number of hydrogen-bond donors (Lipinski definition) is 2. The second-order valence-corrected chi connectivity index (χ2v) is 6.06. The van der Waals surface area contributed by atoms with Gasteiger partial charge < -0.3 is 20.1 Å². The van der Waals surface area contributed by atoms with E-state index < -0.39 is 0 Å². The van der Waals surface area contributed by atoms with E-state index in [-0.39, 0.29) is 17.5 Å². The Kier molecular flexibility index (Phi) is 4.83. The fourth-order valence-electron chi connectivity index (χ4n) is 2.32. The summed E-state index contributed by atoms with van der Waals surface area (Å²) in [7, 11) is 3.92. The summed E-state index contributed by atoms with van der Waals surface area (Å²) >= 11 is 0. The molecule has 1 amide bonds. The van der Waals surface area contributed by atoms with Gasteiger partial charge in [0.2, 0.25) is 5.95 Å². The van der Waals surface area contributed by atoms with Gasteiger partial charge in [-0.1, -0.05) is 5.16 Å². The molecule has 0 unspecified atom stereocenters. The monoisotopic (exact) mass is 352 g/mol. The van der Waals surface area contributed by atoms with Gasteiger partial charge in [0.15, 0.2) is 5.82 Å². The number of benzene rings is 1. The molecule has 8 nitrogen and oxygen atoms in total. The first-order chi connectivity index (χ1) is 12.4. The van der Waals surface area contributed by atoms with Crippen molar-refractivity contribution in [3.8, 4) is 0 Å². The minimum absolute atomic E-state index is 0.261. The first-order valence-corrected chi connectivity index (χ1v) is 8.05. The molecule has 0 saturated heterocycles. The van der Waals surface area contributed by atoms with Crippen LogP contribution in [0.3, 0.4) is 0 Å². The molecule has 0 saturated carbocycles. The summed E-state index contributed by atoms with van der Waals surface area (Å²) < 4.78 is 5.00. The lowest BCUT2D eigenvalue weighted by atomic mass is 10.2. The summed E-state index contributed by atoms with van der Waals surface area (Å²) in [6, 6.07) is 10.9. The number of carbonyl (C=O) groups excluding carboxylic acids is 1. The number of aromatic nitrogens is 3. The van der Waals surface area contributed by atoms with Gasteiger partial charge in [0.1, 0.15) is 11.5 Å². The molecule has 2 aromatic heterocycles. The SMILES string of the molecule is Cc1cc(C(=O)Nc2ccc(N(C)C)cc2)nc(Nc2cc(C)on2)n1. The quantitative estimate of drug-likeness (QED) is 0.728. The maximum Gasteiger partial charge on any atom is 0.274 e. The molecule has 0 aliphatic rings. The Morgan fingerprint density at radius 1 is 1.08 bits per heavy atom. The zero-order valence-electron chi connectivity index (χ0n) is 15.1. The summed E-state index contributed by atoms with van der Waals surface area (Å²) in [5.74, 6) is 1.12. The molecule has 0 aliphatic heterocycles. The van der Waals surface area contributed by atoms with Gasteiger partial charge in [-0.25, -0.2) is 9.97 Å². The third-order valence-corrected chi connectivity index (χ3v) is 3.60. The average molecular weight is 352 g/mol. The van der Waals surface area contributed by atoms with Crippen LogP contribution in [0.25, 0.3) is 0 Å². The molecule has 0 aliphatic carbocycles. The predicted molar refractivity (Wildman–Crippen MR) is 100 cm³/mol. The van der Waals surface area contributed by atoms with Crippen molar-refractivity contribution in [2.24, 2.45) is 0 Å². The van der Waals surface area contributed by atoms with Crippen molar-refractivity contribution < 1.29 is 9.32 Å². The van der Waals surface area contributed by atoms with E-state index >= 15 is 0 Å². The van der Waals surface area contributed by atoms with E-state index in [4.69, 9.17) is 4.52 Å². The van der Waals surface area contributed by atoms with Crippen LogP contribution in [0.2, 0.25) is 0 Å². The highest BCUT2D eigenvalue weighted by molar-refractivity contribution is 6.03. The average Bonchev–Trinajstić information content (AvgIpc) is 2.99. The van der Waals surface area contributed by atoms with Crippen molar-refractivity contribution >= 4 is 29.0 Å². The summed E-state index contributed by atoms with van der Waals surface area (Å²) in [4.78, 5) is 23.0. The van der Waals surface area contributed by atoms with Crippen LogP contribution in [-0.4, -0.2) is 35.1 Å². The second kappa shape index (κ2) is 7.22. The molecule has 2 N–H and O–H groups in total. The fourth-order valence-corrected chi connectivity index (χ4v) is 2.32. The smallest absolute Gasteiger partial charge is 0.274 e. The minimum atomic E-state index is -0.313. The maximum atomic E-state index is 12.5. The molecule has 134 valence electrons. The fraction of sp³-hybridized carbons (Fsp3) is 0.222. The van der Waals surface area contributed by atoms with E-state index in [1.165, 1.54) is 0 Å². The molecular weight excluding hydrogens is 332 g/mol. The van der Waals surface area contributed by atoms with Crippen LogP contribution in [0.1, 0.15) is 21.9 Å². The Balaban J connectivity index is 1.76. The van der Waals surface area contributed by atoms with Crippen LogP contribution >= 0.6 is 0 Å². The topological polar surface area (TPSA) is 96.2 Å². The van der Waals surface area contributed by atoms with Gasteiger partial charge in [-0.05, 0) is 44.2 Å².